The second kappa shape index (κ2) is 4.55. The van der Waals surface area contributed by atoms with Gasteiger partial charge in [-0.15, -0.1) is 0 Å². The van der Waals surface area contributed by atoms with Crippen molar-refractivity contribution in [3.63, 3.8) is 0 Å². The second-order valence-electron chi connectivity index (χ2n) is 4.33. The molecule has 4 heteroatoms. The molecule has 3 rings (SSSR count). The average molecular weight is 272 g/mol. The lowest BCUT2D eigenvalue weighted by Crippen LogP contribution is -1.84. The molecule has 0 bridgehead atoms. The molecule has 19 heavy (non-hydrogen) atoms. The van der Waals surface area contributed by atoms with E-state index in [4.69, 9.17) is 4.42 Å². The molecule has 0 saturated carbocycles. The van der Waals surface area contributed by atoms with Crippen LogP contribution in [0.4, 0.5) is 0 Å². The molecule has 2 aromatic carbocycles. The van der Waals surface area contributed by atoms with Gasteiger partial charge in [0.15, 0.2) is 5.58 Å². The van der Waals surface area contributed by atoms with Gasteiger partial charge in [0, 0.05) is 11.6 Å². The molecule has 0 fully saturated rings. The van der Waals surface area contributed by atoms with Crippen LogP contribution in [0.2, 0.25) is 0 Å². The predicted molar refractivity (Wildman–Crippen MR) is 76.8 cm³/mol. The number of hydrogen-bond acceptors (Lipinski definition) is 4. The van der Waals surface area contributed by atoms with Gasteiger partial charge < -0.3 is 9.52 Å². The topological polar surface area (TPSA) is 50.4 Å². The summed E-state index contributed by atoms with van der Waals surface area (Å²) in [5.74, 6) is 0.138. The van der Waals surface area contributed by atoms with Crippen molar-refractivity contribution >= 4 is 21.6 Å². The van der Waals surface area contributed by atoms with E-state index in [0.717, 1.165) is 28.9 Å². The zero-order chi connectivity index (χ0) is 13.4. The van der Waals surface area contributed by atoms with Crippen LogP contribution in [-0.4, -0.2) is 5.11 Å². The van der Waals surface area contributed by atoms with E-state index < -0.39 is 0 Å². The molecule has 0 radical (unpaired) electrons. The number of aromatic hydroxyl groups is 1. The van der Waals surface area contributed by atoms with Gasteiger partial charge in [0.2, 0.25) is 0 Å². The van der Waals surface area contributed by atoms with Gasteiger partial charge in [-0.2, -0.15) is 0 Å². The van der Waals surface area contributed by atoms with Crippen molar-refractivity contribution in [2.75, 3.05) is 0 Å². The SMILES string of the molecule is CCc1ccc(-c2cc(O)cc3sc(=O)oc23)cc1. The third kappa shape index (κ3) is 2.15. The summed E-state index contributed by atoms with van der Waals surface area (Å²) in [6.07, 6.45) is 0.975. The maximum absolute atomic E-state index is 11.4. The molecule has 96 valence electrons. The number of rotatable bonds is 2. The third-order valence-corrected chi connectivity index (χ3v) is 3.86. The molecule has 3 nitrogen and oxygen atoms in total. The van der Waals surface area contributed by atoms with Gasteiger partial charge in [-0.1, -0.05) is 42.5 Å². The highest BCUT2D eigenvalue weighted by Crippen LogP contribution is 2.33. The van der Waals surface area contributed by atoms with Gasteiger partial charge in [-0.3, -0.25) is 0 Å². The highest BCUT2D eigenvalue weighted by molar-refractivity contribution is 7.16. The maximum atomic E-state index is 11.4. The Hall–Kier alpha value is -2.07. The summed E-state index contributed by atoms with van der Waals surface area (Å²) in [6.45, 7) is 2.10. The number of fused-ring (bicyclic) bond motifs is 1. The Morgan fingerprint density at radius 2 is 1.95 bits per heavy atom. The Labute approximate surface area is 113 Å². The standard InChI is InChI=1S/C15H12O3S/c1-2-9-3-5-10(6-4-9)12-7-11(16)8-13-14(12)18-15(17)19-13/h3-8,16H,2H2,1H3. The smallest absolute Gasteiger partial charge is 0.396 e. The monoisotopic (exact) mass is 272 g/mol. The molecule has 1 N–H and O–H groups in total. The quantitative estimate of drug-likeness (QED) is 0.772. The fraction of sp³-hybridized carbons (Fsp3) is 0.133. The number of phenolic OH excluding ortho intramolecular Hbond substituents is 1. The summed E-state index contributed by atoms with van der Waals surface area (Å²) in [7, 11) is 0. The van der Waals surface area contributed by atoms with Crippen molar-refractivity contribution in [1.82, 2.24) is 0 Å². The molecule has 1 heterocycles. The Morgan fingerprint density at radius 1 is 1.21 bits per heavy atom. The molecule has 0 spiro atoms. The van der Waals surface area contributed by atoms with Gasteiger partial charge in [-0.25, -0.2) is 4.79 Å². The molecule has 0 aliphatic carbocycles. The largest absolute Gasteiger partial charge is 0.508 e. The number of aryl methyl sites for hydroxylation is 1. The van der Waals surface area contributed by atoms with E-state index in [0.29, 0.717) is 10.3 Å². The summed E-state index contributed by atoms with van der Waals surface area (Å²) in [6, 6.07) is 11.2. The molecule has 0 saturated heterocycles. The van der Waals surface area contributed by atoms with E-state index in [-0.39, 0.29) is 10.7 Å². The fourth-order valence-corrected chi connectivity index (χ4v) is 2.83. The van der Waals surface area contributed by atoms with Gasteiger partial charge >= 0.3 is 4.94 Å². The Bertz CT molecular complexity index is 781. The number of hydrogen-bond donors (Lipinski definition) is 1. The van der Waals surface area contributed by atoms with Crippen LogP contribution in [0.3, 0.4) is 0 Å². The first-order valence-electron chi connectivity index (χ1n) is 6.03. The van der Waals surface area contributed by atoms with E-state index in [1.165, 1.54) is 5.56 Å². The first-order valence-corrected chi connectivity index (χ1v) is 6.85. The normalized spacial score (nSPS) is 11.0. The van der Waals surface area contributed by atoms with Gasteiger partial charge in [0.05, 0.1) is 4.70 Å². The Balaban J connectivity index is 2.25. The van der Waals surface area contributed by atoms with Crippen LogP contribution in [0.25, 0.3) is 21.4 Å². The van der Waals surface area contributed by atoms with Crippen LogP contribution in [0, 0.1) is 0 Å². The van der Waals surface area contributed by atoms with Crippen LogP contribution in [0.5, 0.6) is 5.75 Å². The summed E-state index contributed by atoms with van der Waals surface area (Å²) >= 11 is 1.00. The van der Waals surface area contributed by atoms with Gasteiger partial charge in [-0.05, 0) is 23.6 Å². The zero-order valence-corrected chi connectivity index (χ0v) is 11.2. The van der Waals surface area contributed by atoms with Crippen LogP contribution in [0.1, 0.15) is 12.5 Å². The van der Waals surface area contributed by atoms with Crippen molar-refractivity contribution < 1.29 is 9.52 Å². The maximum Gasteiger partial charge on any atom is 0.396 e. The summed E-state index contributed by atoms with van der Waals surface area (Å²) < 4.78 is 5.88. The lowest BCUT2D eigenvalue weighted by atomic mass is 10.0. The first kappa shape index (κ1) is 12.0. The molecule has 0 aliphatic heterocycles. The molecule has 3 aromatic rings. The fourth-order valence-electron chi connectivity index (χ4n) is 2.10. The van der Waals surface area contributed by atoms with E-state index in [2.05, 4.69) is 6.92 Å². The summed E-state index contributed by atoms with van der Waals surface area (Å²) in [5.41, 5.74) is 3.46. The van der Waals surface area contributed by atoms with Crippen molar-refractivity contribution in [3.8, 4) is 16.9 Å². The minimum atomic E-state index is -0.355. The number of phenols is 1. The van der Waals surface area contributed by atoms with Crippen molar-refractivity contribution in [3.05, 3.63) is 51.7 Å². The molecule has 0 aliphatic rings. The predicted octanol–water partition coefficient (Wildman–Crippen LogP) is 3.79. The highest BCUT2D eigenvalue weighted by Gasteiger charge is 2.11. The van der Waals surface area contributed by atoms with Crippen LogP contribution in [-0.2, 0) is 6.42 Å². The number of benzene rings is 2. The van der Waals surface area contributed by atoms with Gasteiger partial charge in [0.25, 0.3) is 0 Å². The molecular formula is C15H12O3S. The van der Waals surface area contributed by atoms with Crippen LogP contribution >= 0.6 is 11.3 Å². The van der Waals surface area contributed by atoms with Crippen LogP contribution < -0.4 is 4.94 Å². The Kier molecular flexibility index (Phi) is 2.87. The Morgan fingerprint density at radius 3 is 2.63 bits per heavy atom. The third-order valence-electron chi connectivity index (χ3n) is 3.09. The van der Waals surface area contributed by atoms with Gasteiger partial charge in [0.1, 0.15) is 5.75 Å². The van der Waals surface area contributed by atoms with Crippen LogP contribution in [0.15, 0.2) is 45.6 Å². The summed E-state index contributed by atoms with van der Waals surface area (Å²) in [4.78, 5) is 11.0. The van der Waals surface area contributed by atoms with Crippen molar-refractivity contribution in [2.45, 2.75) is 13.3 Å². The lowest BCUT2D eigenvalue weighted by Gasteiger charge is -2.04. The highest BCUT2D eigenvalue weighted by atomic mass is 32.1. The summed E-state index contributed by atoms with van der Waals surface area (Å²) in [5, 5.41) is 9.75. The van der Waals surface area contributed by atoms with Crippen molar-refractivity contribution in [2.24, 2.45) is 0 Å². The average Bonchev–Trinajstić information content (AvgIpc) is 2.78. The van der Waals surface area contributed by atoms with E-state index in [1.807, 2.05) is 24.3 Å². The van der Waals surface area contributed by atoms with E-state index in [1.54, 1.807) is 12.1 Å². The first-order chi connectivity index (χ1) is 9.17. The minimum Gasteiger partial charge on any atom is -0.508 e. The molecule has 0 unspecified atom stereocenters. The second-order valence-corrected chi connectivity index (χ2v) is 5.30. The lowest BCUT2D eigenvalue weighted by molar-refractivity contribution is 0.476. The zero-order valence-electron chi connectivity index (χ0n) is 10.3. The minimum absolute atomic E-state index is 0.138. The van der Waals surface area contributed by atoms with E-state index in [9.17, 15) is 9.90 Å². The molecular weight excluding hydrogens is 260 g/mol. The molecule has 0 atom stereocenters. The van der Waals surface area contributed by atoms with E-state index >= 15 is 0 Å². The molecule has 1 aromatic heterocycles. The van der Waals surface area contributed by atoms with Crippen molar-refractivity contribution in [1.29, 1.82) is 0 Å². The molecule has 0 amide bonds.